The Kier molecular flexibility index (Phi) is 10.1. The molecule has 2 atom stereocenters. The standard InChI is InChI=1S/C22H28O9S/c1-3-9-28-12-17(23)14-30-19-7-5-16-6-8-21(22(20(16)11-19)32(25,26)27)31-15-18(24)13-29-10-4-2/h3-8,11,17-18,23-24H,1-2,9-10,12-15H2,(H,25,26,27). The lowest BCUT2D eigenvalue weighted by atomic mass is 10.1. The third kappa shape index (κ3) is 7.90. The van der Waals surface area contributed by atoms with Crippen molar-refractivity contribution in [2.45, 2.75) is 17.1 Å². The van der Waals surface area contributed by atoms with Gasteiger partial charge < -0.3 is 29.2 Å². The van der Waals surface area contributed by atoms with Crippen LogP contribution in [0.4, 0.5) is 0 Å². The van der Waals surface area contributed by atoms with Crippen molar-refractivity contribution in [3.05, 3.63) is 55.6 Å². The van der Waals surface area contributed by atoms with Crippen LogP contribution in [0.3, 0.4) is 0 Å². The summed E-state index contributed by atoms with van der Waals surface area (Å²) in [6.07, 6.45) is 1.17. The van der Waals surface area contributed by atoms with E-state index < -0.39 is 27.2 Å². The van der Waals surface area contributed by atoms with Crippen molar-refractivity contribution < 1.29 is 42.1 Å². The summed E-state index contributed by atoms with van der Waals surface area (Å²) in [6.45, 7) is 7.24. The molecule has 0 spiro atoms. The second-order valence-corrected chi connectivity index (χ2v) is 8.19. The van der Waals surface area contributed by atoms with Gasteiger partial charge in [0.1, 0.15) is 41.8 Å². The molecule has 0 aliphatic carbocycles. The zero-order valence-corrected chi connectivity index (χ0v) is 18.4. The number of benzene rings is 2. The Labute approximate surface area is 187 Å². The first kappa shape index (κ1) is 25.8. The molecule has 32 heavy (non-hydrogen) atoms. The van der Waals surface area contributed by atoms with Gasteiger partial charge in [-0.1, -0.05) is 24.3 Å². The van der Waals surface area contributed by atoms with Crippen LogP contribution in [-0.4, -0.2) is 75.0 Å². The van der Waals surface area contributed by atoms with Crippen LogP contribution in [0.5, 0.6) is 11.5 Å². The fraction of sp³-hybridized carbons (Fsp3) is 0.364. The van der Waals surface area contributed by atoms with E-state index in [2.05, 4.69) is 13.2 Å². The molecule has 2 rings (SSSR count). The number of rotatable bonds is 15. The lowest BCUT2D eigenvalue weighted by Crippen LogP contribution is -2.24. The molecule has 0 heterocycles. The maximum atomic E-state index is 12.1. The van der Waals surface area contributed by atoms with Crippen molar-refractivity contribution in [1.29, 1.82) is 0 Å². The van der Waals surface area contributed by atoms with Gasteiger partial charge in [0.15, 0.2) is 0 Å². The number of hydrogen-bond acceptors (Lipinski definition) is 8. The van der Waals surface area contributed by atoms with Crippen molar-refractivity contribution in [3.63, 3.8) is 0 Å². The molecule has 0 saturated heterocycles. The molecule has 176 valence electrons. The first-order valence-electron chi connectivity index (χ1n) is 9.79. The van der Waals surface area contributed by atoms with Gasteiger partial charge in [-0.05, 0) is 23.6 Å². The second-order valence-electron chi connectivity index (χ2n) is 6.83. The summed E-state index contributed by atoms with van der Waals surface area (Å²) in [5.41, 5.74) is 0. The van der Waals surface area contributed by atoms with E-state index in [1.165, 1.54) is 18.2 Å². The summed E-state index contributed by atoms with van der Waals surface area (Å²) < 4.78 is 55.3. The smallest absolute Gasteiger partial charge is 0.298 e. The largest absolute Gasteiger partial charge is 0.491 e. The van der Waals surface area contributed by atoms with Gasteiger partial charge in [0.05, 0.1) is 26.4 Å². The van der Waals surface area contributed by atoms with Crippen LogP contribution in [0.15, 0.2) is 60.5 Å². The molecule has 0 aliphatic heterocycles. The van der Waals surface area contributed by atoms with Crippen LogP contribution in [0.2, 0.25) is 0 Å². The highest BCUT2D eigenvalue weighted by atomic mass is 32.2. The SMILES string of the molecule is C=CCOCC(O)COc1ccc2ccc(OCC(O)COCC=C)c(S(=O)(=O)O)c2c1. The number of hydrogen-bond donors (Lipinski definition) is 3. The van der Waals surface area contributed by atoms with Crippen LogP contribution >= 0.6 is 0 Å². The van der Waals surface area contributed by atoms with Gasteiger partial charge in [-0.3, -0.25) is 4.55 Å². The average molecular weight is 469 g/mol. The predicted octanol–water partition coefficient (Wildman–Crippen LogP) is 1.97. The van der Waals surface area contributed by atoms with E-state index in [1.807, 2.05) is 0 Å². The monoisotopic (exact) mass is 468 g/mol. The van der Waals surface area contributed by atoms with Crippen LogP contribution in [0.1, 0.15) is 0 Å². The van der Waals surface area contributed by atoms with Gasteiger partial charge in [0.25, 0.3) is 10.1 Å². The molecule has 0 radical (unpaired) electrons. The molecule has 2 aromatic carbocycles. The van der Waals surface area contributed by atoms with Gasteiger partial charge in [-0.25, -0.2) is 0 Å². The zero-order chi connectivity index (χ0) is 23.6. The summed E-state index contributed by atoms with van der Waals surface area (Å²) >= 11 is 0. The molecule has 3 N–H and O–H groups in total. The molecule has 2 unspecified atom stereocenters. The number of aliphatic hydroxyl groups is 2. The maximum Gasteiger partial charge on any atom is 0.298 e. The van der Waals surface area contributed by atoms with Crippen molar-refractivity contribution in [3.8, 4) is 11.5 Å². The molecule has 0 aliphatic rings. The molecule has 0 bridgehead atoms. The van der Waals surface area contributed by atoms with Crippen molar-refractivity contribution in [2.24, 2.45) is 0 Å². The van der Waals surface area contributed by atoms with Gasteiger partial charge in [-0.15, -0.1) is 13.2 Å². The minimum atomic E-state index is -4.68. The third-order valence-corrected chi connectivity index (χ3v) is 5.07. The Hall–Kier alpha value is -2.47. The molecule has 0 aromatic heterocycles. The predicted molar refractivity (Wildman–Crippen MR) is 119 cm³/mol. The maximum absolute atomic E-state index is 12.1. The lowest BCUT2D eigenvalue weighted by molar-refractivity contribution is 0.0207. The third-order valence-electron chi connectivity index (χ3n) is 4.13. The molecule has 0 saturated carbocycles. The first-order valence-corrected chi connectivity index (χ1v) is 11.2. The highest BCUT2D eigenvalue weighted by Crippen LogP contribution is 2.34. The molecule has 10 heteroatoms. The fourth-order valence-corrected chi connectivity index (χ4v) is 3.61. The van der Waals surface area contributed by atoms with Crippen LogP contribution < -0.4 is 9.47 Å². The van der Waals surface area contributed by atoms with E-state index >= 15 is 0 Å². The molecule has 2 aromatic rings. The topological polar surface area (TPSA) is 132 Å². The number of fused-ring (bicyclic) bond motifs is 1. The van der Waals surface area contributed by atoms with E-state index in [4.69, 9.17) is 18.9 Å². The summed E-state index contributed by atoms with van der Waals surface area (Å²) in [5.74, 6) is 0.151. The second kappa shape index (κ2) is 12.5. The summed E-state index contributed by atoms with van der Waals surface area (Å²) in [6, 6.07) is 7.65. The van der Waals surface area contributed by atoms with E-state index in [-0.39, 0.29) is 49.9 Å². The van der Waals surface area contributed by atoms with Crippen molar-refractivity contribution in [1.82, 2.24) is 0 Å². The molecular weight excluding hydrogens is 440 g/mol. The van der Waals surface area contributed by atoms with E-state index in [9.17, 15) is 23.2 Å². The van der Waals surface area contributed by atoms with Crippen molar-refractivity contribution >= 4 is 20.9 Å². The highest BCUT2D eigenvalue weighted by Gasteiger charge is 2.22. The van der Waals surface area contributed by atoms with Crippen LogP contribution in [0.25, 0.3) is 10.8 Å². The van der Waals surface area contributed by atoms with E-state index in [1.54, 1.807) is 24.3 Å². The number of ether oxygens (including phenoxy) is 4. The van der Waals surface area contributed by atoms with Gasteiger partial charge in [-0.2, -0.15) is 8.42 Å². The fourth-order valence-electron chi connectivity index (χ4n) is 2.77. The average Bonchev–Trinajstić information content (AvgIpc) is 2.75. The lowest BCUT2D eigenvalue weighted by Gasteiger charge is -2.16. The Balaban J connectivity index is 2.21. The Morgan fingerprint density at radius 2 is 1.44 bits per heavy atom. The molecule has 0 amide bonds. The van der Waals surface area contributed by atoms with Gasteiger partial charge in [0, 0.05) is 5.39 Å². The quantitative estimate of drug-likeness (QED) is 0.204. The highest BCUT2D eigenvalue weighted by molar-refractivity contribution is 7.86. The number of aliphatic hydroxyl groups excluding tert-OH is 2. The van der Waals surface area contributed by atoms with Crippen LogP contribution in [-0.2, 0) is 19.6 Å². The molecule has 9 nitrogen and oxygen atoms in total. The Bertz CT molecular complexity index is 999. The van der Waals surface area contributed by atoms with Crippen LogP contribution in [0, 0.1) is 0 Å². The van der Waals surface area contributed by atoms with Gasteiger partial charge >= 0.3 is 0 Å². The summed E-state index contributed by atoms with van der Waals surface area (Å²) in [7, 11) is -4.68. The van der Waals surface area contributed by atoms with Gasteiger partial charge in [0.2, 0.25) is 0 Å². The first-order chi connectivity index (χ1) is 15.3. The normalized spacial score (nSPS) is 13.5. The Morgan fingerprint density at radius 1 is 0.875 bits per heavy atom. The minimum absolute atomic E-state index is 0.0301. The summed E-state index contributed by atoms with van der Waals surface area (Å²) in [5, 5.41) is 20.5. The van der Waals surface area contributed by atoms with Crippen molar-refractivity contribution in [2.75, 3.05) is 39.6 Å². The molecular formula is C22H28O9S. The van der Waals surface area contributed by atoms with E-state index in [0.717, 1.165) is 0 Å². The zero-order valence-electron chi connectivity index (χ0n) is 17.6. The summed E-state index contributed by atoms with van der Waals surface area (Å²) in [4.78, 5) is -0.450. The van der Waals surface area contributed by atoms with E-state index in [0.29, 0.717) is 12.0 Å². The Morgan fingerprint density at radius 3 is 2.00 bits per heavy atom. The molecule has 0 fully saturated rings. The minimum Gasteiger partial charge on any atom is -0.491 e.